The van der Waals surface area contributed by atoms with Crippen molar-refractivity contribution in [2.45, 2.75) is 13.0 Å². The number of ether oxygens (including phenoxy) is 1. The normalized spacial score (nSPS) is 17.1. The number of para-hydroxylation sites is 1. The Kier molecular flexibility index (Phi) is 4.19. The zero-order valence-corrected chi connectivity index (χ0v) is 10.9. The van der Waals surface area contributed by atoms with Crippen LogP contribution in [0.4, 0.5) is 0 Å². The zero-order valence-electron chi connectivity index (χ0n) is 10.9. The summed E-state index contributed by atoms with van der Waals surface area (Å²) in [6, 6.07) is 8.21. The lowest BCUT2D eigenvalue weighted by Crippen LogP contribution is -2.64. The number of rotatable bonds is 5. The summed E-state index contributed by atoms with van der Waals surface area (Å²) >= 11 is 0. The van der Waals surface area contributed by atoms with Gasteiger partial charge < -0.3 is 14.9 Å². The molecule has 1 aromatic rings. The van der Waals surface area contributed by atoms with E-state index in [1.54, 1.807) is 24.3 Å². The molecule has 1 aromatic carbocycles. The average molecular weight is 278 g/mol. The lowest BCUT2D eigenvalue weighted by molar-refractivity contribution is -0.215. The molecule has 0 aromatic heterocycles. The van der Waals surface area contributed by atoms with Gasteiger partial charge in [0, 0.05) is 6.92 Å². The number of hydroxylamine groups is 2. The van der Waals surface area contributed by atoms with Gasteiger partial charge in [-0.15, -0.1) is 0 Å². The van der Waals surface area contributed by atoms with Crippen molar-refractivity contribution in [3.05, 3.63) is 30.3 Å². The number of hydrogen-bond donors (Lipinski definition) is 1. The number of nitrogens with zero attached hydrogens (tertiary/aromatic N) is 1. The van der Waals surface area contributed by atoms with E-state index in [2.05, 4.69) is 10.2 Å². The molecule has 7 nitrogen and oxygen atoms in total. The van der Waals surface area contributed by atoms with Crippen LogP contribution in [0.3, 0.4) is 0 Å². The van der Waals surface area contributed by atoms with Crippen molar-refractivity contribution in [1.29, 1.82) is 0 Å². The summed E-state index contributed by atoms with van der Waals surface area (Å²) in [6.45, 7) is 1.17. The van der Waals surface area contributed by atoms with Crippen LogP contribution in [0.5, 0.6) is 5.75 Å². The van der Waals surface area contributed by atoms with E-state index in [1.807, 2.05) is 6.07 Å². The van der Waals surface area contributed by atoms with Gasteiger partial charge in [0.25, 0.3) is 11.8 Å². The van der Waals surface area contributed by atoms with Gasteiger partial charge in [0.2, 0.25) is 0 Å². The first-order valence-electron chi connectivity index (χ1n) is 6.03. The van der Waals surface area contributed by atoms with Crippen molar-refractivity contribution >= 4 is 17.8 Å². The largest absolute Gasteiger partial charge is 0.484 e. The Morgan fingerprint density at radius 2 is 2.05 bits per heavy atom. The average Bonchev–Trinajstić information content (AvgIpc) is 2.44. The molecule has 2 amide bonds. The van der Waals surface area contributed by atoms with Gasteiger partial charge in [-0.05, 0) is 12.1 Å². The van der Waals surface area contributed by atoms with Crippen LogP contribution in [0.2, 0.25) is 0 Å². The number of β-lactam (4-membered cyclic amide) rings is 1. The van der Waals surface area contributed by atoms with Crippen LogP contribution < -0.4 is 10.1 Å². The van der Waals surface area contributed by atoms with E-state index in [9.17, 15) is 14.4 Å². The minimum Gasteiger partial charge on any atom is -0.484 e. The number of hydrogen-bond acceptors (Lipinski definition) is 5. The molecule has 1 atom stereocenters. The predicted molar refractivity (Wildman–Crippen MR) is 67.3 cm³/mol. The molecule has 0 aliphatic carbocycles. The van der Waals surface area contributed by atoms with E-state index in [4.69, 9.17) is 4.74 Å². The molecule has 1 unspecified atom stereocenters. The first-order chi connectivity index (χ1) is 9.56. The summed E-state index contributed by atoms with van der Waals surface area (Å²) in [5.41, 5.74) is 0. The second kappa shape index (κ2) is 6.05. The summed E-state index contributed by atoms with van der Waals surface area (Å²) in [5, 5.41) is 3.40. The van der Waals surface area contributed by atoms with Gasteiger partial charge in [-0.1, -0.05) is 18.2 Å². The van der Waals surface area contributed by atoms with Crippen LogP contribution in [0.1, 0.15) is 6.92 Å². The molecule has 1 fully saturated rings. The van der Waals surface area contributed by atoms with Crippen LogP contribution in [0, 0.1) is 0 Å². The Morgan fingerprint density at radius 3 is 2.65 bits per heavy atom. The molecule has 0 spiro atoms. The van der Waals surface area contributed by atoms with E-state index >= 15 is 0 Å². The van der Waals surface area contributed by atoms with E-state index in [1.165, 1.54) is 6.92 Å². The Balaban J connectivity index is 1.71. The molecule has 1 aliphatic rings. The van der Waals surface area contributed by atoms with E-state index < -0.39 is 23.8 Å². The van der Waals surface area contributed by atoms with Crippen LogP contribution in [0.15, 0.2) is 30.3 Å². The van der Waals surface area contributed by atoms with Crippen molar-refractivity contribution in [1.82, 2.24) is 10.4 Å². The van der Waals surface area contributed by atoms with Crippen molar-refractivity contribution in [2.75, 3.05) is 13.2 Å². The van der Waals surface area contributed by atoms with Crippen LogP contribution >= 0.6 is 0 Å². The van der Waals surface area contributed by atoms with Crippen molar-refractivity contribution in [3.8, 4) is 5.75 Å². The van der Waals surface area contributed by atoms with Gasteiger partial charge in [-0.3, -0.25) is 14.4 Å². The molecule has 20 heavy (non-hydrogen) atoms. The van der Waals surface area contributed by atoms with E-state index in [0.717, 1.165) is 5.06 Å². The number of nitrogens with one attached hydrogen (secondary N) is 1. The van der Waals surface area contributed by atoms with Gasteiger partial charge in [0.1, 0.15) is 11.8 Å². The quantitative estimate of drug-likeness (QED) is 0.758. The molecule has 1 aliphatic heterocycles. The predicted octanol–water partition coefficient (Wildman–Crippen LogP) is -0.130. The summed E-state index contributed by atoms with van der Waals surface area (Å²) in [7, 11) is 0. The van der Waals surface area contributed by atoms with Gasteiger partial charge in [0.15, 0.2) is 6.61 Å². The Bertz CT molecular complexity index is 517. The van der Waals surface area contributed by atoms with Crippen molar-refractivity contribution in [3.63, 3.8) is 0 Å². The molecule has 1 N–H and O–H groups in total. The minimum atomic E-state index is -0.666. The smallest absolute Gasteiger partial charge is 0.329 e. The first kappa shape index (κ1) is 13.9. The molecule has 2 rings (SSSR count). The van der Waals surface area contributed by atoms with Crippen LogP contribution in [-0.4, -0.2) is 42.0 Å². The highest BCUT2D eigenvalue weighted by Gasteiger charge is 2.40. The van der Waals surface area contributed by atoms with Gasteiger partial charge in [0.05, 0.1) is 6.54 Å². The summed E-state index contributed by atoms with van der Waals surface area (Å²) < 4.78 is 5.24. The topological polar surface area (TPSA) is 84.9 Å². The SMILES string of the molecule is CC(=O)ON1CC(NC(=O)COc2ccccc2)C1=O. The maximum atomic E-state index is 11.6. The standard InChI is InChI=1S/C13H14N2O5/c1-9(16)20-15-7-11(13(15)18)14-12(17)8-19-10-5-3-2-4-6-10/h2-6,11H,7-8H2,1H3,(H,14,17). The Labute approximate surface area is 115 Å². The first-order valence-corrected chi connectivity index (χ1v) is 6.03. The highest BCUT2D eigenvalue weighted by atomic mass is 16.7. The Morgan fingerprint density at radius 1 is 1.35 bits per heavy atom. The summed E-state index contributed by atoms with van der Waals surface area (Å²) in [6.07, 6.45) is 0. The highest BCUT2D eigenvalue weighted by molar-refractivity contribution is 5.92. The lowest BCUT2D eigenvalue weighted by Gasteiger charge is -2.35. The maximum absolute atomic E-state index is 11.6. The molecule has 0 saturated carbocycles. The third-order valence-corrected chi connectivity index (χ3v) is 2.58. The Hall–Kier alpha value is -2.57. The van der Waals surface area contributed by atoms with Crippen molar-refractivity contribution in [2.24, 2.45) is 0 Å². The molecule has 106 valence electrons. The number of amides is 2. The lowest BCUT2D eigenvalue weighted by atomic mass is 10.1. The highest BCUT2D eigenvalue weighted by Crippen LogP contribution is 2.11. The van der Waals surface area contributed by atoms with E-state index in [-0.39, 0.29) is 13.2 Å². The fourth-order valence-corrected chi connectivity index (χ4v) is 1.64. The number of carbonyl (C=O) groups is 3. The fourth-order valence-electron chi connectivity index (χ4n) is 1.64. The molecule has 0 bridgehead atoms. The van der Waals surface area contributed by atoms with Crippen LogP contribution in [0.25, 0.3) is 0 Å². The minimum absolute atomic E-state index is 0.148. The number of carbonyl (C=O) groups excluding carboxylic acids is 3. The second-order valence-corrected chi connectivity index (χ2v) is 4.20. The van der Waals surface area contributed by atoms with Crippen LogP contribution in [-0.2, 0) is 19.2 Å². The monoisotopic (exact) mass is 278 g/mol. The molecule has 0 radical (unpaired) electrons. The summed E-state index contributed by atoms with van der Waals surface area (Å²) in [5.74, 6) is -0.859. The summed E-state index contributed by atoms with van der Waals surface area (Å²) in [4.78, 5) is 38.3. The zero-order chi connectivity index (χ0) is 14.5. The number of benzene rings is 1. The molecular formula is C13H14N2O5. The molecular weight excluding hydrogens is 264 g/mol. The molecule has 1 heterocycles. The fraction of sp³-hybridized carbons (Fsp3) is 0.308. The third-order valence-electron chi connectivity index (χ3n) is 2.58. The van der Waals surface area contributed by atoms with Gasteiger partial charge in [-0.25, -0.2) is 0 Å². The van der Waals surface area contributed by atoms with Gasteiger partial charge >= 0.3 is 5.97 Å². The molecule has 7 heteroatoms. The molecule has 1 saturated heterocycles. The van der Waals surface area contributed by atoms with E-state index in [0.29, 0.717) is 5.75 Å². The van der Waals surface area contributed by atoms with Gasteiger partial charge in [-0.2, -0.15) is 5.06 Å². The maximum Gasteiger partial charge on any atom is 0.329 e. The van der Waals surface area contributed by atoms with Crippen molar-refractivity contribution < 1.29 is 24.0 Å². The third kappa shape index (κ3) is 3.47. The second-order valence-electron chi connectivity index (χ2n) is 4.20.